The van der Waals surface area contributed by atoms with Crippen molar-refractivity contribution in [1.82, 2.24) is 0 Å². The zero-order valence-electron chi connectivity index (χ0n) is 22.3. The Kier molecular flexibility index (Phi) is 15.2. The quantitative estimate of drug-likeness (QED) is 0.202. The molecule has 0 saturated carbocycles. The highest BCUT2D eigenvalue weighted by Crippen LogP contribution is 2.35. The molecule has 1 rings (SSSR count). The van der Waals surface area contributed by atoms with Crippen molar-refractivity contribution in [3.05, 3.63) is 28.8 Å². The van der Waals surface area contributed by atoms with E-state index < -0.39 is 5.97 Å². The highest BCUT2D eigenvalue weighted by atomic mass is 16.4. The molecule has 33 heavy (non-hydrogen) atoms. The summed E-state index contributed by atoms with van der Waals surface area (Å²) < 4.78 is 0. The second kappa shape index (κ2) is 17.0. The smallest absolute Gasteiger partial charge is 0.306 e. The summed E-state index contributed by atoms with van der Waals surface area (Å²) in [5.41, 5.74) is 2.91. The molecule has 0 fully saturated rings. The number of carbonyl (C=O) groups is 1. The van der Waals surface area contributed by atoms with Gasteiger partial charge in [-0.2, -0.15) is 0 Å². The minimum atomic E-state index is -0.695. The molecule has 190 valence electrons. The fraction of sp³-hybridized carbons (Fsp3) is 0.767. The summed E-state index contributed by atoms with van der Waals surface area (Å²) in [5, 5.41) is 20.4. The molecule has 0 aliphatic rings. The van der Waals surface area contributed by atoms with Crippen LogP contribution in [0.1, 0.15) is 153 Å². The van der Waals surface area contributed by atoms with Gasteiger partial charge in [-0.3, -0.25) is 4.79 Å². The Bertz CT molecular complexity index is 634. The van der Waals surface area contributed by atoms with Crippen LogP contribution in [0.15, 0.2) is 12.1 Å². The molecule has 3 nitrogen and oxygen atoms in total. The number of unbranched alkanes of at least 4 members (excludes halogenated alkanes) is 12. The summed E-state index contributed by atoms with van der Waals surface area (Å²) >= 11 is 0. The third-order valence-corrected chi connectivity index (χ3v) is 6.96. The first kappa shape index (κ1) is 29.5. The number of rotatable bonds is 19. The van der Waals surface area contributed by atoms with E-state index >= 15 is 0 Å². The van der Waals surface area contributed by atoms with Crippen LogP contribution in [0.25, 0.3) is 0 Å². The Hall–Kier alpha value is -1.51. The summed E-state index contributed by atoms with van der Waals surface area (Å²) in [5.74, 6) is -0.229. The molecule has 0 aliphatic heterocycles. The van der Waals surface area contributed by atoms with Gasteiger partial charge in [-0.15, -0.1) is 0 Å². The Balaban J connectivity index is 2.36. The van der Waals surface area contributed by atoms with Gasteiger partial charge in [0.15, 0.2) is 0 Å². The van der Waals surface area contributed by atoms with Crippen LogP contribution in [0.3, 0.4) is 0 Å². The Morgan fingerprint density at radius 1 is 0.727 bits per heavy atom. The molecule has 0 radical (unpaired) electrons. The third-order valence-electron chi connectivity index (χ3n) is 6.96. The van der Waals surface area contributed by atoms with Crippen LogP contribution in [0.4, 0.5) is 0 Å². The van der Waals surface area contributed by atoms with Crippen LogP contribution in [0.5, 0.6) is 5.75 Å². The van der Waals surface area contributed by atoms with Crippen molar-refractivity contribution >= 4 is 5.97 Å². The van der Waals surface area contributed by atoms with Crippen LogP contribution in [0.2, 0.25) is 0 Å². The SMILES string of the molecule is CCCCCCCCCCCCCCCC(Cc1cc(C(C)C)c(O)c(C(C)C)c1)C(=O)O. The van der Waals surface area contributed by atoms with Gasteiger partial charge in [0.2, 0.25) is 0 Å². The van der Waals surface area contributed by atoms with E-state index in [4.69, 9.17) is 0 Å². The van der Waals surface area contributed by atoms with Crippen molar-refractivity contribution < 1.29 is 15.0 Å². The first-order valence-corrected chi connectivity index (χ1v) is 13.9. The van der Waals surface area contributed by atoms with Gasteiger partial charge in [-0.1, -0.05) is 130 Å². The summed E-state index contributed by atoms with van der Waals surface area (Å²) in [6, 6.07) is 4.04. The van der Waals surface area contributed by atoms with E-state index in [0.29, 0.717) is 12.2 Å². The zero-order valence-corrected chi connectivity index (χ0v) is 22.3. The fourth-order valence-corrected chi connectivity index (χ4v) is 4.75. The van der Waals surface area contributed by atoms with Crippen LogP contribution in [-0.4, -0.2) is 16.2 Å². The second-order valence-corrected chi connectivity index (χ2v) is 10.7. The number of carboxylic acid groups (broad SMARTS) is 1. The van der Waals surface area contributed by atoms with Gasteiger partial charge in [0.1, 0.15) is 5.75 Å². The first-order chi connectivity index (χ1) is 15.8. The van der Waals surface area contributed by atoms with Gasteiger partial charge in [0.05, 0.1) is 5.92 Å². The lowest BCUT2D eigenvalue weighted by Gasteiger charge is -2.19. The van der Waals surface area contributed by atoms with E-state index in [1.807, 2.05) is 12.1 Å². The number of aliphatic carboxylic acids is 1. The standard InChI is InChI=1S/C30H52O3/c1-6-7-8-9-10-11-12-13-14-15-16-17-18-19-26(30(32)33)20-25-21-27(23(2)3)29(31)28(22-25)24(4)5/h21-24,26,31H,6-20H2,1-5H3,(H,32,33). The third kappa shape index (κ3) is 12.0. The molecule has 1 atom stereocenters. The zero-order chi connectivity index (χ0) is 24.6. The largest absolute Gasteiger partial charge is 0.507 e. The van der Waals surface area contributed by atoms with Gasteiger partial charge in [-0.05, 0) is 41.4 Å². The van der Waals surface area contributed by atoms with E-state index in [2.05, 4.69) is 34.6 Å². The van der Waals surface area contributed by atoms with Crippen molar-refractivity contribution in [2.45, 2.75) is 143 Å². The van der Waals surface area contributed by atoms with Gasteiger partial charge < -0.3 is 10.2 Å². The summed E-state index contributed by atoms with van der Waals surface area (Å²) in [6.45, 7) is 10.6. The Morgan fingerprint density at radius 2 is 1.12 bits per heavy atom. The molecule has 1 aromatic rings. The predicted molar refractivity (Wildman–Crippen MR) is 141 cm³/mol. The number of aromatic hydroxyl groups is 1. The van der Waals surface area contributed by atoms with Crippen molar-refractivity contribution in [1.29, 1.82) is 0 Å². The highest BCUT2D eigenvalue weighted by Gasteiger charge is 2.21. The number of hydrogen-bond donors (Lipinski definition) is 2. The maximum absolute atomic E-state index is 11.9. The lowest BCUT2D eigenvalue weighted by Crippen LogP contribution is -2.17. The first-order valence-electron chi connectivity index (χ1n) is 13.9. The van der Waals surface area contributed by atoms with Gasteiger partial charge in [0.25, 0.3) is 0 Å². The van der Waals surface area contributed by atoms with Crippen LogP contribution >= 0.6 is 0 Å². The Morgan fingerprint density at radius 3 is 1.48 bits per heavy atom. The number of carboxylic acids is 1. The van der Waals surface area contributed by atoms with Crippen molar-refractivity contribution in [3.63, 3.8) is 0 Å². The highest BCUT2D eigenvalue weighted by molar-refractivity contribution is 5.70. The average Bonchev–Trinajstić information content (AvgIpc) is 2.76. The molecule has 1 aromatic carbocycles. The van der Waals surface area contributed by atoms with Crippen molar-refractivity contribution in [2.24, 2.45) is 5.92 Å². The van der Waals surface area contributed by atoms with E-state index in [1.165, 1.54) is 70.6 Å². The van der Waals surface area contributed by atoms with Gasteiger partial charge in [-0.25, -0.2) is 0 Å². The van der Waals surface area contributed by atoms with Crippen LogP contribution in [-0.2, 0) is 11.2 Å². The lowest BCUT2D eigenvalue weighted by atomic mass is 9.87. The van der Waals surface area contributed by atoms with Gasteiger partial charge >= 0.3 is 5.97 Å². The summed E-state index contributed by atoms with van der Waals surface area (Å²) in [6.07, 6.45) is 18.2. The molecule has 0 amide bonds. The van der Waals surface area contributed by atoms with Crippen molar-refractivity contribution in [3.8, 4) is 5.75 Å². The maximum atomic E-state index is 11.9. The second-order valence-electron chi connectivity index (χ2n) is 10.7. The van der Waals surface area contributed by atoms with Crippen molar-refractivity contribution in [2.75, 3.05) is 0 Å². The maximum Gasteiger partial charge on any atom is 0.306 e. The minimum absolute atomic E-state index is 0.215. The average molecular weight is 461 g/mol. The molecular formula is C30H52O3. The molecule has 0 spiro atoms. The predicted octanol–water partition coefficient (Wildman–Crippen LogP) is 9.36. The molecule has 0 bridgehead atoms. The number of benzene rings is 1. The number of phenols is 1. The topological polar surface area (TPSA) is 57.5 Å². The van der Waals surface area contributed by atoms with Crippen LogP contribution in [0, 0.1) is 5.92 Å². The molecular weight excluding hydrogens is 408 g/mol. The number of hydrogen-bond acceptors (Lipinski definition) is 2. The van der Waals surface area contributed by atoms with E-state index in [0.717, 1.165) is 36.0 Å². The van der Waals surface area contributed by atoms with E-state index in [9.17, 15) is 15.0 Å². The van der Waals surface area contributed by atoms with E-state index in [-0.39, 0.29) is 17.8 Å². The lowest BCUT2D eigenvalue weighted by molar-refractivity contribution is -0.142. The molecule has 0 saturated heterocycles. The summed E-state index contributed by atoms with van der Waals surface area (Å²) in [4.78, 5) is 11.9. The van der Waals surface area contributed by atoms with E-state index in [1.54, 1.807) is 0 Å². The van der Waals surface area contributed by atoms with Gasteiger partial charge in [0, 0.05) is 0 Å². The Labute approximate surface area is 204 Å². The molecule has 0 heterocycles. The minimum Gasteiger partial charge on any atom is -0.507 e. The molecule has 3 heteroatoms. The number of phenolic OH excluding ortho intramolecular Hbond substituents is 1. The molecule has 1 unspecified atom stereocenters. The molecule has 2 N–H and O–H groups in total. The molecule has 0 aromatic heterocycles. The monoisotopic (exact) mass is 460 g/mol. The molecule has 0 aliphatic carbocycles. The normalized spacial score (nSPS) is 12.6. The van der Waals surface area contributed by atoms with Crippen LogP contribution < -0.4 is 0 Å². The fourth-order valence-electron chi connectivity index (χ4n) is 4.75. The summed E-state index contributed by atoms with van der Waals surface area (Å²) in [7, 11) is 0.